The molecule has 0 aliphatic carbocycles. The van der Waals surface area contributed by atoms with Gasteiger partial charge in [0.15, 0.2) is 0 Å². The maximum absolute atomic E-state index is 12.2. The van der Waals surface area contributed by atoms with Gasteiger partial charge < -0.3 is 4.74 Å². The second-order valence-electron chi connectivity index (χ2n) is 3.95. The van der Waals surface area contributed by atoms with Crippen LogP contribution in [0.1, 0.15) is 5.56 Å². The minimum absolute atomic E-state index is 0.0336. The van der Waals surface area contributed by atoms with Crippen molar-refractivity contribution in [3.8, 4) is 17.1 Å². The van der Waals surface area contributed by atoms with E-state index in [0.717, 1.165) is 5.56 Å². The monoisotopic (exact) mass is 306 g/mol. The highest BCUT2D eigenvalue weighted by Crippen LogP contribution is 2.33. The third-order valence-corrected chi connectivity index (χ3v) is 3.29. The van der Waals surface area contributed by atoms with Gasteiger partial charge in [-0.1, -0.05) is 23.2 Å². The number of aromatic nitrogens is 2. The summed E-state index contributed by atoms with van der Waals surface area (Å²) >= 11 is 12.0. The van der Waals surface area contributed by atoms with E-state index in [2.05, 4.69) is 9.84 Å². The zero-order chi connectivity index (χ0) is 14.2. The van der Waals surface area contributed by atoms with E-state index in [4.69, 9.17) is 23.2 Å². The van der Waals surface area contributed by atoms with Gasteiger partial charge in [-0.2, -0.15) is 13.9 Å². The van der Waals surface area contributed by atoms with Crippen LogP contribution in [0.15, 0.2) is 18.2 Å². The van der Waals surface area contributed by atoms with Crippen molar-refractivity contribution < 1.29 is 13.5 Å². The van der Waals surface area contributed by atoms with Crippen LogP contribution < -0.4 is 4.74 Å². The summed E-state index contributed by atoms with van der Waals surface area (Å²) < 4.78 is 30.0. The summed E-state index contributed by atoms with van der Waals surface area (Å²) in [5.41, 5.74) is 1.88. The summed E-state index contributed by atoms with van der Waals surface area (Å²) in [5, 5.41) is 5.03. The number of hydrogen-bond acceptors (Lipinski definition) is 2. The smallest absolute Gasteiger partial charge is 0.388 e. The van der Waals surface area contributed by atoms with Crippen molar-refractivity contribution in [2.75, 3.05) is 0 Å². The van der Waals surface area contributed by atoms with Gasteiger partial charge in [0, 0.05) is 23.7 Å². The lowest BCUT2D eigenvalue weighted by Gasteiger charge is -2.04. The number of rotatable bonds is 3. The van der Waals surface area contributed by atoms with E-state index < -0.39 is 6.61 Å². The molecule has 0 N–H and O–H groups in total. The fraction of sp³-hybridized carbons (Fsp3) is 0.250. The van der Waals surface area contributed by atoms with Gasteiger partial charge in [-0.05, 0) is 24.6 Å². The molecule has 19 heavy (non-hydrogen) atoms. The Hall–Kier alpha value is -1.33. The van der Waals surface area contributed by atoms with E-state index in [0.29, 0.717) is 21.3 Å². The van der Waals surface area contributed by atoms with Crippen LogP contribution in [0.3, 0.4) is 0 Å². The molecule has 2 aromatic rings. The first-order valence-electron chi connectivity index (χ1n) is 5.33. The summed E-state index contributed by atoms with van der Waals surface area (Å²) in [7, 11) is 1.51. The molecule has 0 amide bonds. The molecule has 0 atom stereocenters. The normalized spacial score (nSPS) is 11.1. The van der Waals surface area contributed by atoms with E-state index in [1.54, 1.807) is 12.1 Å². The third kappa shape index (κ3) is 2.98. The molecule has 0 aliphatic heterocycles. The standard InChI is InChI=1S/C12H10Cl2F2N2O/c1-6-3-7(9(14)4-8(6)13)10-5-11(18(2)17-10)19-12(15)16/h3-5,12H,1-2H3. The van der Waals surface area contributed by atoms with E-state index in [9.17, 15) is 8.78 Å². The molecule has 3 nitrogen and oxygen atoms in total. The molecular weight excluding hydrogens is 297 g/mol. The number of halogens is 4. The van der Waals surface area contributed by atoms with Gasteiger partial charge in [0.2, 0.25) is 5.88 Å². The molecule has 1 aromatic carbocycles. The number of alkyl halides is 2. The van der Waals surface area contributed by atoms with Gasteiger partial charge in [0.1, 0.15) is 0 Å². The number of hydrogen-bond donors (Lipinski definition) is 0. The number of aryl methyl sites for hydroxylation is 2. The molecule has 0 aliphatic rings. The zero-order valence-corrected chi connectivity index (χ0v) is 11.6. The Morgan fingerprint density at radius 2 is 1.89 bits per heavy atom. The van der Waals surface area contributed by atoms with Crippen LogP contribution >= 0.6 is 23.2 Å². The quantitative estimate of drug-likeness (QED) is 0.845. The molecule has 0 unspecified atom stereocenters. The van der Waals surface area contributed by atoms with Gasteiger partial charge in [-0.15, -0.1) is 0 Å². The minimum Gasteiger partial charge on any atom is -0.417 e. The van der Waals surface area contributed by atoms with Crippen LogP contribution in [0, 0.1) is 6.92 Å². The molecule has 0 fully saturated rings. The number of ether oxygens (including phenoxy) is 1. The largest absolute Gasteiger partial charge is 0.417 e. The van der Waals surface area contributed by atoms with Crippen LogP contribution in [0.2, 0.25) is 10.0 Å². The van der Waals surface area contributed by atoms with E-state index in [1.807, 2.05) is 6.92 Å². The van der Waals surface area contributed by atoms with E-state index >= 15 is 0 Å². The predicted octanol–water partition coefficient (Wildman–Crippen LogP) is 4.30. The lowest BCUT2D eigenvalue weighted by molar-refractivity contribution is -0.0553. The van der Waals surface area contributed by atoms with E-state index in [-0.39, 0.29) is 5.88 Å². The second kappa shape index (κ2) is 5.35. The van der Waals surface area contributed by atoms with Gasteiger partial charge in [0.05, 0.1) is 10.7 Å². The number of benzene rings is 1. The molecule has 0 saturated carbocycles. The van der Waals surface area contributed by atoms with Crippen LogP contribution in [-0.2, 0) is 7.05 Å². The average molecular weight is 307 g/mol. The summed E-state index contributed by atoms with van der Waals surface area (Å²) in [6.07, 6.45) is 0. The Labute approximate surface area is 118 Å². The highest BCUT2D eigenvalue weighted by atomic mass is 35.5. The first-order valence-corrected chi connectivity index (χ1v) is 6.09. The van der Waals surface area contributed by atoms with Crippen molar-refractivity contribution in [2.24, 2.45) is 7.05 Å². The highest BCUT2D eigenvalue weighted by Gasteiger charge is 2.15. The highest BCUT2D eigenvalue weighted by molar-refractivity contribution is 6.36. The fourth-order valence-corrected chi connectivity index (χ4v) is 2.12. The molecular formula is C12H10Cl2F2N2O. The lowest BCUT2D eigenvalue weighted by atomic mass is 10.1. The Kier molecular flexibility index (Phi) is 3.96. The summed E-state index contributed by atoms with van der Waals surface area (Å²) in [4.78, 5) is 0. The SMILES string of the molecule is Cc1cc(-c2cc(OC(F)F)n(C)n2)c(Cl)cc1Cl. The molecule has 0 bridgehead atoms. The Balaban J connectivity index is 2.45. The Morgan fingerprint density at radius 1 is 1.21 bits per heavy atom. The van der Waals surface area contributed by atoms with Crippen molar-refractivity contribution in [3.05, 3.63) is 33.8 Å². The average Bonchev–Trinajstić information content (AvgIpc) is 2.64. The first-order chi connectivity index (χ1) is 8.88. The first kappa shape index (κ1) is 14.1. The topological polar surface area (TPSA) is 27.1 Å². The lowest BCUT2D eigenvalue weighted by Crippen LogP contribution is -2.05. The Morgan fingerprint density at radius 3 is 2.53 bits per heavy atom. The molecule has 2 rings (SSSR count). The third-order valence-electron chi connectivity index (χ3n) is 2.57. The maximum Gasteiger partial charge on any atom is 0.388 e. The minimum atomic E-state index is -2.90. The zero-order valence-electron chi connectivity index (χ0n) is 10.1. The second-order valence-corrected chi connectivity index (χ2v) is 4.77. The summed E-state index contributed by atoms with van der Waals surface area (Å²) in [5.74, 6) is -0.0336. The molecule has 1 heterocycles. The van der Waals surface area contributed by atoms with Gasteiger partial charge >= 0.3 is 6.61 Å². The van der Waals surface area contributed by atoms with E-state index in [1.165, 1.54) is 17.8 Å². The summed E-state index contributed by atoms with van der Waals surface area (Å²) in [6, 6.07) is 4.75. The molecule has 0 spiro atoms. The summed E-state index contributed by atoms with van der Waals surface area (Å²) in [6.45, 7) is -1.08. The van der Waals surface area contributed by atoms with Crippen LogP contribution in [0.25, 0.3) is 11.3 Å². The van der Waals surface area contributed by atoms with Crippen molar-refractivity contribution in [1.29, 1.82) is 0 Å². The maximum atomic E-state index is 12.2. The van der Waals surface area contributed by atoms with Gasteiger partial charge in [-0.3, -0.25) is 0 Å². The van der Waals surface area contributed by atoms with Crippen molar-refractivity contribution in [1.82, 2.24) is 9.78 Å². The molecule has 7 heteroatoms. The number of nitrogens with zero attached hydrogens (tertiary/aromatic N) is 2. The van der Waals surface area contributed by atoms with Crippen LogP contribution in [0.5, 0.6) is 5.88 Å². The fourth-order valence-electron chi connectivity index (χ4n) is 1.64. The molecule has 102 valence electrons. The van der Waals surface area contributed by atoms with Crippen LogP contribution in [0.4, 0.5) is 8.78 Å². The van der Waals surface area contributed by atoms with Crippen molar-refractivity contribution >= 4 is 23.2 Å². The van der Waals surface area contributed by atoms with Gasteiger partial charge in [0.25, 0.3) is 0 Å². The van der Waals surface area contributed by atoms with Crippen molar-refractivity contribution in [3.63, 3.8) is 0 Å². The van der Waals surface area contributed by atoms with Gasteiger partial charge in [-0.25, -0.2) is 4.68 Å². The predicted molar refractivity (Wildman–Crippen MR) is 70.0 cm³/mol. The molecule has 0 radical (unpaired) electrons. The molecule has 0 saturated heterocycles. The molecule has 1 aromatic heterocycles. The van der Waals surface area contributed by atoms with Crippen LogP contribution in [-0.4, -0.2) is 16.4 Å². The van der Waals surface area contributed by atoms with Crippen molar-refractivity contribution in [2.45, 2.75) is 13.5 Å². The Bertz CT molecular complexity index is 614.